The van der Waals surface area contributed by atoms with Crippen LogP contribution in [0.15, 0.2) is 187 Å². The van der Waals surface area contributed by atoms with Crippen molar-refractivity contribution < 1.29 is 22.9 Å². The molecule has 0 bridgehead atoms. The maximum atomic E-state index is 10.4. The van der Waals surface area contributed by atoms with E-state index in [-0.39, 0.29) is 4.90 Å². The van der Waals surface area contributed by atoms with E-state index in [9.17, 15) is 13.2 Å². The number of aromatic carboxylic acids is 1. The monoisotopic (exact) mass is 588 g/mol. The lowest BCUT2D eigenvalue weighted by Crippen LogP contribution is -1.96. The summed E-state index contributed by atoms with van der Waals surface area (Å²) in [6.45, 7) is 0. The van der Waals surface area contributed by atoms with Gasteiger partial charge in [-0.1, -0.05) is 158 Å². The van der Waals surface area contributed by atoms with E-state index >= 15 is 0 Å². The number of hydrogen-bond donors (Lipinski definition) is 2. The lowest BCUT2D eigenvalue weighted by Gasteiger charge is -1.98. The predicted octanol–water partition coefficient (Wildman–Crippen LogP) is 9.03. The summed E-state index contributed by atoms with van der Waals surface area (Å²) in [5.74, 6) is -0.879. The average molecular weight is 589 g/mol. The Morgan fingerprint density at radius 2 is 0.628 bits per heavy atom. The van der Waals surface area contributed by atoms with Crippen molar-refractivity contribution in [1.29, 1.82) is 0 Å². The summed E-state index contributed by atoms with van der Waals surface area (Å²) < 4.78 is 29.2. The topological polar surface area (TPSA) is 91.7 Å². The third kappa shape index (κ3) is 12.0. The molecule has 0 saturated carbocycles. The van der Waals surface area contributed by atoms with E-state index in [1.165, 1.54) is 34.4 Å². The minimum atomic E-state index is -4.00. The number of carboxylic acid groups (broad SMARTS) is 1. The molecular formula is C37H32O5S. The van der Waals surface area contributed by atoms with Gasteiger partial charge in [0.05, 0.1) is 10.5 Å². The molecule has 0 saturated heterocycles. The van der Waals surface area contributed by atoms with E-state index in [0.29, 0.717) is 5.56 Å². The van der Waals surface area contributed by atoms with Crippen molar-refractivity contribution in [3.8, 4) is 22.3 Å². The fourth-order valence-electron chi connectivity index (χ4n) is 3.70. The lowest BCUT2D eigenvalue weighted by atomic mass is 10.1. The molecule has 0 unspecified atom stereocenters. The first kappa shape index (κ1) is 32.2. The van der Waals surface area contributed by atoms with Gasteiger partial charge in [-0.2, -0.15) is 8.42 Å². The van der Waals surface area contributed by atoms with E-state index in [1.54, 1.807) is 48.5 Å². The molecule has 0 fully saturated rings. The van der Waals surface area contributed by atoms with Crippen LogP contribution in [-0.2, 0) is 10.1 Å². The van der Waals surface area contributed by atoms with Crippen LogP contribution < -0.4 is 0 Å². The minimum Gasteiger partial charge on any atom is -0.478 e. The van der Waals surface area contributed by atoms with Gasteiger partial charge in [0.2, 0.25) is 0 Å². The van der Waals surface area contributed by atoms with Gasteiger partial charge >= 0.3 is 5.97 Å². The molecule has 0 aliphatic rings. The number of rotatable bonds is 4. The average Bonchev–Trinajstić information content (AvgIpc) is 3.08. The number of benzene rings is 6. The molecule has 0 atom stereocenters. The van der Waals surface area contributed by atoms with Gasteiger partial charge in [-0.15, -0.1) is 0 Å². The second-order valence-corrected chi connectivity index (χ2v) is 10.3. The van der Waals surface area contributed by atoms with Crippen LogP contribution in [0.4, 0.5) is 0 Å². The summed E-state index contributed by atoms with van der Waals surface area (Å²) in [5.41, 5.74) is 5.44. The molecule has 0 radical (unpaired) electrons. The smallest absolute Gasteiger partial charge is 0.335 e. The van der Waals surface area contributed by atoms with Crippen molar-refractivity contribution in [2.24, 2.45) is 0 Å². The van der Waals surface area contributed by atoms with Crippen molar-refractivity contribution in [1.82, 2.24) is 0 Å². The zero-order valence-electron chi connectivity index (χ0n) is 23.3. The number of carbonyl (C=O) groups is 1. The van der Waals surface area contributed by atoms with Crippen LogP contribution in [0.3, 0.4) is 0 Å². The fraction of sp³-hybridized carbons (Fsp3) is 0. The molecule has 0 spiro atoms. The Bertz CT molecular complexity index is 1560. The highest BCUT2D eigenvalue weighted by Crippen LogP contribution is 2.18. The van der Waals surface area contributed by atoms with Crippen LogP contribution >= 0.6 is 0 Å². The Kier molecular flexibility index (Phi) is 13.1. The van der Waals surface area contributed by atoms with Crippen LogP contribution in [0.1, 0.15) is 10.4 Å². The molecular weight excluding hydrogens is 556 g/mol. The Morgan fingerprint density at radius 3 is 0.814 bits per heavy atom. The summed E-state index contributed by atoms with van der Waals surface area (Å²) in [4.78, 5) is 10.1. The van der Waals surface area contributed by atoms with Crippen LogP contribution in [0.25, 0.3) is 22.3 Å². The van der Waals surface area contributed by atoms with Crippen LogP contribution in [-0.4, -0.2) is 24.0 Å². The van der Waals surface area contributed by atoms with Gasteiger partial charge in [0.15, 0.2) is 0 Å². The van der Waals surface area contributed by atoms with Gasteiger partial charge in [0.1, 0.15) is 0 Å². The van der Waals surface area contributed by atoms with Gasteiger partial charge in [-0.05, 0) is 46.5 Å². The highest BCUT2D eigenvalue weighted by molar-refractivity contribution is 7.85. The molecule has 43 heavy (non-hydrogen) atoms. The molecule has 6 rings (SSSR count). The van der Waals surface area contributed by atoms with E-state index in [0.717, 1.165) is 0 Å². The van der Waals surface area contributed by atoms with Crippen molar-refractivity contribution in [3.63, 3.8) is 0 Å². The fourth-order valence-corrected chi connectivity index (χ4v) is 4.20. The Hall–Kier alpha value is -5.30. The number of carboxylic acids is 1. The molecule has 6 aromatic rings. The molecule has 0 aliphatic heterocycles. The standard InChI is InChI=1S/2C12H10.C7H6O2.C6H6O3S/c2*1-3-7-11(8-4-1)12-9-5-2-6-10-12;8-7(9)6-4-2-1-3-5-6;7-10(8,9)6-4-2-1-3-5-6/h2*1-10H;1-5H,(H,8,9);1-5H,(H,7,8,9). The number of hydrogen-bond acceptors (Lipinski definition) is 3. The molecule has 6 aromatic carbocycles. The van der Waals surface area contributed by atoms with Gasteiger partial charge in [-0.25, -0.2) is 4.79 Å². The first-order valence-corrected chi connectivity index (χ1v) is 14.8. The summed E-state index contributed by atoms with van der Waals surface area (Å²) in [6, 6.07) is 57.3. The minimum absolute atomic E-state index is 0.0741. The molecule has 0 aromatic heterocycles. The van der Waals surface area contributed by atoms with Gasteiger partial charge in [-0.3, -0.25) is 4.55 Å². The van der Waals surface area contributed by atoms with Gasteiger partial charge in [0.25, 0.3) is 10.1 Å². The highest BCUT2D eigenvalue weighted by atomic mass is 32.2. The Morgan fingerprint density at radius 1 is 0.395 bits per heavy atom. The largest absolute Gasteiger partial charge is 0.478 e. The summed E-state index contributed by atoms with van der Waals surface area (Å²) in [6.07, 6.45) is 0. The maximum Gasteiger partial charge on any atom is 0.335 e. The van der Waals surface area contributed by atoms with E-state index in [4.69, 9.17) is 9.66 Å². The molecule has 5 nitrogen and oxygen atoms in total. The van der Waals surface area contributed by atoms with Crippen molar-refractivity contribution >= 4 is 16.1 Å². The van der Waals surface area contributed by atoms with Gasteiger partial charge in [0, 0.05) is 0 Å². The SMILES string of the molecule is O=C(O)c1ccccc1.O=S(=O)(O)c1ccccc1.c1ccc(-c2ccccc2)cc1.c1ccc(-c2ccccc2)cc1. The maximum absolute atomic E-state index is 10.4. The van der Waals surface area contributed by atoms with Crippen LogP contribution in [0, 0.1) is 0 Å². The summed E-state index contributed by atoms with van der Waals surface area (Å²) in [7, 11) is -4.00. The van der Waals surface area contributed by atoms with Crippen molar-refractivity contribution in [2.45, 2.75) is 4.90 Å². The zero-order valence-corrected chi connectivity index (χ0v) is 24.2. The molecule has 216 valence electrons. The third-order valence-electron chi connectivity index (χ3n) is 5.82. The summed E-state index contributed by atoms with van der Waals surface area (Å²) >= 11 is 0. The van der Waals surface area contributed by atoms with Gasteiger partial charge < -0.3 is 5.11 Å². The Balaban J connectivity index is 0.000000158. The van der Waals surface area contributed by atoms with Crippen LogP contribution in [0.5, 0.6) is 0 Å². The van der Waals surface area contributed by atoms with Crippen molar-refractivity contribution in [3.05, 3.63) is 188 Å². The predicted molar refractivity (Wildman–Crippen MR) is 173 cm³/mol. The van der Waals surface area contributed by atoms with Crippen LogP contribution in [0.2, 0.25) is 0 Å². The molecule has 2 N–H and O–H groups in total. The first-order valence-electron chi connectivity index (χ1n) is 13.4. The molecule has 6 heteroatoms. The second kappa shape index (κ2) is 17.5. The highest BCUT2D eigenvalue weighted by Gasteiger charge is 2.05. The van der Waals surface area contributed by atoms with E-state index < -0.39 is 16.1 Å². The normalized spacial score (nSPS) is 9.88. The molecule has 0 heterocycles. The summed E-state index contributed by atoms with van der Waals surface area (Å²) in [5, 5.41) is 8.38. The second-order valence-electron chi connectivity index (χ2n) is 8.92. The molecule has 0 aliphatic carbocycles. The Labute approximate surface area is 253 Å². The van der Waals surface area contributed by atoms with E-state index in [1.807, 2.05) is 24.3 Å². The third-order valence-corrected chi connectivity index (χ3v) is 6.69. The zero-order chi connectivity index (χ0) is 30.8. The molecule has 0 amide bonds. The lowest BCUT2D eigenvalue weighted by molar-refractivity contribution is 0.0697. The van der Waals surface area contributed by atoms with E-state index in [2.05, 4.69) is 97.1 Å². The first-order chi connectivity index (χ1) is 20.8. The van der Waals surface area contributed by atoms with Crippen molar-refractivity contribution in [2.75, 3.05) is 0 Å². The quantitative estimate of drug-likeness (QED) is 0.201.